The van der Waals surface area contributed by atoms with Crippen molar-refractivity contribution < 1.29 is 9.90 Å². The van der Waals surface area contributed by atoms with Gasteiger partial charge in [0.15, 0.2) is 0 Å². The lowest BCUT2D eigenvalue weighted by molar-refractivity contribution is 0.0956. The van der Waals surface area contributed by atoms with Crippen molar-refractivity contribution in [2.75, 3.05) is 24.2 Å². The summed E-state index contributed by atoms with van der Waals surface area (Å²) in [5.41, 5.74) is 7.80. The zero-order valence-corrected chi connectivity index (χ0v) is 11.9. The van der Waals surface area contributed by atoms with Crippen LogP contribution in [-0.2, 0) is 0 Å². The van der Waals surface area contributed by atoms with Crippen molar-refractivity contribution in [3.05, 3.63) is 23.8 Å². The molecule has 1 aliphatic rings. The Morgan fingerprint density at radius 1 is 1.45 bits per heavy atom. The van der Waals surface area contributed by atoms with Gasteiger partial charge < -0.3 is 21.5 Å². The predicted molar refractivity (Wildman–Crippen MR) is 80.7 cm³/mol. The highest BCUT2D eigenvalue weighted by Crippen LogP contribution is 2.30. The Hall–Kier alpha value is -1.75. The van der Waals surface area contributed by atoms with Crippen molar-refractivity contribution >= 4 is 17.3 Å². The normalized spacial score (nSPS) is 21.7. The van der Waals surface area contributed by atoms with Gasteiger partial charge in [-0.05, 0) is 38.0 Å². The fourth-order valence-electron chi connectivity index (χ4n) is 2.78. The number of nitrogens with one attached hydrogen (secondary N) is 2. The molecule has 0 bridgehead atoms. The molecule has 5 nitrogen and oxygen atoms in total. The number of benzene rings is 1. The number of aliphatic hydroxyl groups excluding tert-OH is 1. The Morgan fingerprint density at radius 2 is 2.25 bits per heavy atom. The zero-order chi connectivity index (χ0) is 14.5. The van der Waals surface area contributed by atoms with Crippen molar-refractivity contribution in [1.29, 1.82) is 0 Å². The fourth-order valence-corrected chi connectivity index (χ4v) is 2.78. The molecule has 110 valence electrons. The quantitative estimate of drug-likeness (QED) is 0.616. The van der Waals surface area contributed by atoms with E-state index in [0.29, 0.717) is 17.8 Å². The fraction of sp³-hybridized carbons (Fsp3) is 0.533. The summed E-state index contributed by atoms with van der Waals surface area (Å²) in [6.45, 7) is 2.66. The van der Waals surface area contributed by atoms with Gasteiger partial charge in [0.05, 0.1) is 5.56 Å². The summed E-state index contributed by atoms with van der Waals surface area (Å²) in [6.07, 6.45) is 3.13. The molecule has 0 saturated heterocycles. The molecule has 1 saturated carbocycles. The highest BCUT2D eigenvalue weighted by molar-refractivity contribution is 6.00. The summed E-state index contributed by atoms with van der Waals surface area (Å²) < 4.78 is 0. The van der Waals surface area contributed by atoms with Crippen molar-refractivity contribution in [3.63, 3.8) is 0 Å². The lowest BCUT2D eigenvalue weighted by Gasteiger charge is -2.22. The van der Waals surface area contributed by atoms with Crippen LogP contribution in [0.25, 0.3) is 0 Å². The van der Waals surface area contributed by atoms with E-state index in [1.807, 2.05) is 6.92 Å². The maximum Gasteiger partial charge on any atom is 0.253 e. The smallest absolute Gasteiger partial charge is 0.253 e. The summed E-state index contributed by atoms with van der Waals surface area (Å²) in [5.74, 6) is 0.145. The van der Waals surface area contributed by atoms with Gasteiger partial charge >= 0.3 is 0 Å². The minimum absolute atomic E-state index is 0.103. The third-order valence-electron chi connectivity index (χ3n) is 3.86. The van der Waals surface area contributed by atoms with Crippen LogP contribution in [0.1, 0.15) is 36.5 Å². The average Bonchev–Trinajstić information content (AvgIpc) is 2.86. The number of hydrogen-bond donors (Lipinski definition) is 4. The standard InChI is InChI=1S/C15H23N3O2/c1-2-17-15(20)12-7-6-11(16)8-14(12)18-13-5-3-4-10(13)9-19/h6-8,10,13,18-19H,2-5,9,16H2,1H3,(H,17,20). The maximum absolute atomic E-state index is 12.1. The summed E-state index contributed by atoms with van der Waals surface area (Å²) >= 11 is 0. The maximum atomic E-state index is 12.1. The Labute approximate surface area is 119 Å². The molecule has 0 spiro atoms. The van der Waals surface area contributed by atoms with Crippen molar-refractivity contribution in [2.24, 2.45) is 5.92 Å². The highest BCUT2D eigenvalue weighted by atomic mass is 16.3. The molecular formula is C15H23N3O2. The van der Waals surface area contributed by atoms with E-state index in [-0.39, 0.29) is 24.5 Å². The number of aliphatic hydroxyl groups is 1. The number of rotatable bonds is 5. The van der Waals surface area contributed by atoms with Gasteiger partial charge in [0.25, 0.3) is 5.91 Å². The van der Waals surface area contributed by atoms with E-state index in [2.05, 4.69) is 10.6 Å². The van der Waals surface area contributed by atoms with Crippen LogP contribution in [0.2, 0.25) is 0 Å². The largest absolute Gasteiger partial charge is 0.399 e. The van der Waals surface area contributed by atoms with Crippen LogP contribution >= 0.6 is 0 Å². The molecule has 2 rings (SSSR count). The molecule has 5 N–H and O–H groups in total. The van der Waals surface area contributed by atoms with Gasteiger partial charge in [0.2, 0.25) is 0 Å². The van der Waals surface area contributed by atoms with Crippen LogP contribution in [0.5, 0.6) is 0 Å². The number of nitrogen functional groups attached to an aromatic ring is 1. The second-order valence-corrected chi connectivity index (χ2v) is 5.29. The summed E-state index contributed by atoms with van der Waals surface area (Å²) in [7, 11) is 0. The Balaban J connectivity index is 2.21. The number of carbonyl (C=O) groups excluding carboxylic acids is 1. The first kappa shape index (κ1) is 14.7. The van der Waals surface area contributed by atoms with Crippen LogP contribution in [0.4, 0.5) is 11.4 Å². The Bertz CT molecular complexity index is 476. The van der Waals surface area contributed by atoms with Gasteiger partial charge in [0.1, 0.15) is 0 Å². The van der Waals surface area contributed by atoms with Crippen molar-refractivity contribution in [3.8, 4) is 0 Å². The topological polar surface area (TPSA) is 87.4 Å². The lowest BCUT2D eigenvalue weighted by atomic mass is 10.0. The number of nitrogens with two attached hydrogens (primary N) is 1. The molecule has 1 amide bonds. The number of carbonyl (C=O) groups is 1. The summed E-state index contributed by atoms with van der Waals surface area (Å²) in [4.78, 5) is 12.1. The Kier molecular flexibility index (Phi) is 4.84. The summed E-state index contributed by atoms with van der Waals surface area (Å²) in [5, 5.41) is 15.6. The molecule has 1 aliphatic carbocycles. The predicted octanol–water partition coefficient (Wildman–Crippen LogP) is 1.59. The number of hydrogen-bond acceptors (Lipinski definition) is 4. The van der Waals surface area contributed by atoms with Gasteiger partial charge in [-0.15, -0.1) is 0 Å². The van der Waals surface area contributed by atoms with E-state index in [1.165, 1.54) is 0 Å². The molecular weight excluding hydrogens is 254 g/mol. The second-order valence-electron chi connectivity index (χ2n) is 5.29. The van der Waals surface area contributed by atoms with Gasteiger partial charge in [-0.3, -0.25) is 4.79 Å². The second kappa shape index (κ2) is 6.61. The Morgan fingerprint density at radius 3 is 2.95 bits per heavy atom. The first-order valence-electron chi connectivity index (χ1n) is 7.20. The van der Waals surface area contributed by atoms with Crippen molar-refractivity contribution in [1.82, 2.24) is 5.32 Å². The monoisotopic (exact) mass is 277 g/mol. The van der Waals surface area contributed by atoms with Gasteiger partial charge in [0, 0.05) is 36.5 Å². The minimum atomic E-state index is -0.103. The zero-order valence-electron chi connectivity index (χ0n) is 11.9. The van der Waals surface area contributed by atoms with E-state index in [9.17, 15) is 9.90 Å². The molecule has 2 unspecified atom stereocenters. The molecule has 0 heterocycles. The molecule has 0 aliphatic heterocycles. The van der Waals surface area contributed by atoms with Crippen molar-refractivity contribution in [2.45, 2.75) is 32.2 Å². The highest BCUT2D eigenvalue weighted by Gasteiger charge is 2.27. The van der Waals surface area contributed by atoms with E-state index < -0.39 is 0 Å². The molecule has 1 aromatic rings. The molecule has 0 aromatic heterocycles. The van der Waals surface area contributed by atoms with Crippen LogP contribution in [0.15, 0.2) is 18.2 Å². The molecule has 5 heteroatoms. The number of anilines is 2. The van der Waals surface area contributed by atoms with Gasteiger partial charge in [-0.1, -0.05) is 6.42 Å². The third kappa shape index (κ3) is 3.22. The lowest BCUT2D eigenvalue weighted by Crippen LogP contribution is -2.29. The van der Waals surface area contributed by atoms with Crippen LogP contribution in [-0.4, -0.2) is 30.2 Å². The first-order valence-corrected chi connectivity index (χ1v) is 7.20. The molecule has 20 heavy (non-hydrogen) atoms. The van der Waals surface area contributed by atoms with Crippen LogP contribution < -0.4 is 16.4 Å². The van der Waals surface area contributed by atoms with E-state index in [4.69, 9.17) is 5.73 Å². The van der Waals surface area contributed by atoms with E-state index in [1.54, 1.807) is 18.2 Å². The SMILES string of the molecule is CCNC(=O)c1ccc(N)cc1NC1CCCC1CO. The van der Waals surface area contributed by atoms with Crippen LogP contribution in [0.3, 0.4) is 0 Å². The average molecular weight is 277 g/mol. The molecule has 2 atom stereocenters. The first-order chi connectivity index (χ1) is 9.65. The van der Waals surface area contributed by atoms with Gasteiger partial charge in [-0.25, -0.2) is 0 Å². The van der Waals surface area contributed by atoms with E-state index in [0.717, 1.165) is 24.9 Å². The summed E-state index contributed by atoms with van der Waals surface area (Å²) in [6, 6.07) is 5.46. The third-order valence-corrected chi connectivity index (χ3v) is 3.86. The van der Waals surface area contributed by atoms with Crippen LogP contribution in [0, 0.1) is 5.92 Å². The minimum Gasteiger partial charge on any atom is -0.399 e. The molecule has 1 aromatic carbocycles. The molecule has 1 fully saturated rings. The molecule has 0 radical (unpaired) electrons. The number of amides is 1. The van der Waals surface area contributed by atoms with E-state index >= 15 is 0 Å². The van der Waals surface area contributed by atoms with Gasteiger partial charge in [-0.2, -0.15) is 0 Å².